The summed E-state index contributed by atoms with van der Waals surface area (Å²) in [5, 5.41) is -3.21. The van der Waals surface area contributed by atoms with Gasteiger partial charge >= 0.3 is 5.25 Å². The summed E-state index contributed by atoms with van der Waals surface area (Å²) >= 11 is 11.6. The molecule has 0 radical (unpaired) electrons. The van der Waals surface area contributed by atoms with Gasteiger partial charge in [0, 0.05) is 10.6 Å². The first-order valence-electron chi connectivity index (χ1n) is 4.40. The third kappa shape index (κ3) is 3.09. The van der Waals surface area contributed by atoms with Gasteiger partial charge in [-0.2, -0.15) is 8.78 Å². The predicted molar refractivity (Wildman–Crippen MR) is 63.9 cm³/mol. The Hall–Kier alpha value is -0.320. The van der Waals surface area contributed by atoms with E-state index in [1.165, 1.54) is 18.2 Å². The Morgan fingerprint density at radius 3 is 2.56 bits per heavy atom. The zero-order valence-corrected chi connectivity index (χ0v) is 10.6. The van der Waals surface area contributed by atoms with Crippen molar-refractivity contribution in [2.75, 3.05) is 5.75 Å². The Balaban J connectivity index is 3.05. The topological polar surface area (TPSA) is 17.1 Å². The maximum absolute atomic E-state index is 13.3. The van der Waals surface area contributed by atoms with Gasteiger partial charge in [0.05, 0.1) is 5.02 Å². The summed E-state index contributed by atoms with van der Waals surface area (Å²) in [7, 11) is 0. The number of rotatable bonds is 4. The fourth-order valence-electron chi connectivity index (χ4n) is 1.08. The molecule has 0 heterocycles. The molecule has 0 bridgehead atoms. The molecular formula is C10H8Cl2F2OS. The Kier molecular flexibility index (Phi) is 4.59. The van der Waals surface area contributed by atoms with Crippen molar-refractivity contribution in [1.29, 1.82) is 0 Å². The van der Waals surface area contributed by atoms with E-state index in [2.05, 4.69) is 0 Å². The molecule has 1 aromatic carbocycles. The Labute approximate surface area is 106 Å². The maximum Gasteiger partial charge on any atom is 0.355 e. The molecule has 0 aliphatic carbocycles. The number of thioether (sulfide) groups is 1. The summed E-state index contributed by atoms with van der Waals surface area (Å²) in [5.74, 6) is -1.15. The molecule has 0 aromatic heterocycles. The van der Waals surface area contributed by atoms with Crippen molar-refractivity contribution in [2.24, 2.45) is 0 Å². The van der Waals surface area contributed by atoms with Gasteiger partial charge < -0.3 is 0 Å². The van der Waals surface area contributed by atoms with Gasteiger partial charge in [-0.1, -0.05) is 41.9 Å². The van der Waals surface area contributed by atoms with E-state index in [0.29, 0.717) is 5.02 Å². The largest absolute Gasteiger partial charge is 0.355 e. The molecule has 0 unspecified atom stereocenters. The van der Waals surface area contributed by atoms with Gasteiger partial charge in [-0.25, -0.2) is 0 Å². The van der Waals surface area contributed by atoms with Gasteiger partial charge in [0.2, 0.25) is 5.78 Å². The molecule has 0 atom stereocenters. The SMILES string of the molecule is CCSC(F)(F)C(=O)c1ccc(Cl)cc1Cl. The molecule has 1 rings (SSSR count). The standard InChI is InChI=1S/C10H8Cl2F2OS/c1-2-16-10(13,14)9(15)7-4-3-6(11)5-8(7)12/h3-5H,2H2,1H3. The lowest BCUT2D eigenvalue weighted by Crippen LogP contribution is -2.25. The number of carbonyl (C=O) groups excluding carboxylic acids is 1. The fraction of sp³-hybridized carbons (Fsp3) is 0.300. The molecule has 0 N–H and O–H groups in total. The van der Waals surface area contributed by atoms with Gasteiger partial charge in [0.25, 0.3) is 0 Å². The van der Waals surface area contributed by atoms with E-state index >= 15 is 0 Å². The highest BCUT2D eigenvalue weighted by Gasteiger charge is 2.40. The second kappa shape index (κ2) is 5.34. The average molecular weight is 285 g/mol. The Morgan fingerprint density at radius 2 is 2.06 bits per heavy atom. The number of carbonyl (C=O) groups is 1. The van der Waals surface area contributed by atoms with Crippen molar-refractivity contribution < 1.29 is 13.6 Å². The third-order valence-corrected chi connectivity index (χ3v) is 3.15. The molecule has 1 nitrogen and oxygen atoms in total. The normalized spacial score (nSPS) is 11.6. The van der Waals surface area contributed by atoms with Crippen molar-refractivity contribution in [3.05, 3.63) is 33.8 Å². The van der Waals surface area contributed by atoms with Crippen LogP contribution in [0.15, 0.2) is 18.2 Å². The van der Waals surface area contributed by atoms with Crippen LogP contribution in [0.4, 0.5) is 8.78 Å². The lowest BCUT2D eigenvalue weighted by Gasteiger charge is -2.14. The van der Waals surface area contributed by atoms with E-state index < -0.39 is 11.0 Å². The first kappa shape index (κ1) is 13.7. The molecule has 0 amide bonds. The monoisotopic (exact) mass is 284 g/mol. The molecule has 88 valence electrons. The molecule has 6 heteroatoms. The van der Waals surface area contributed by atoms with Crippen LogP contribution >= 0.6 is 35.0 Å². The molecule has 0 aliphatic rings. The first-order valence-corrected chi connectivity index (χ1v) is 6.14. The molecule has 16 heavy (non-hydrogen) atoms. The van der Waals surface area contributed by atoms with Gasteiger partial charge in [-0.15, -0.1) is 0 Å². The lowest BCUT2D eigenvalue weighted by molar-refractivity contribution is 0.0567. The van der Waals surface area contributed by atoms with Crippen LogP contribution in [0.25, 0.3) is 0 Å². The number of ketones is 1. The van der Waals surface area contributed by atoms with Crippen molar-refractivity contribution in [2.45, 2.75) is 12.2 Å². The predicted octanol–water partition coefficient (Wildman–Crippen LogP) is 4.52. The van der Waals surface area contributed by atoms with Gasteiger partial charge in [0.15, 0.2) is 0 Å². The molecular weight excluding hydrogens is 277 g/mol. The van der Waals surface area contributed by atoms with Gasteiger partial charge in [0.1, 0.15) is 0 Å². The minimum atomic E-state index is -3.45. The van der Waals surface area contributed by atoms with Crippen LogP contribution < -0.4 is 0 Å². The summed E-state index contributed by atoms with van der Waals surface area (Å²) in [4.78, 5) is 11.5. The molecule has 0 aliphatic heterocycles. The highest BCUT2D eigenvalue weighted by atomic mass is 35.5. The maximum atomic E-state index is 13.3. The van der Waals surface area contributed by atoms with Crippen LogP contribution in [0.3, 0.4) is 0 Å². The van der Waals surface area contributed by atoms with Crippen LogP contribution in [0.5, 0.6) is 0 Å². The van der Waals surface area contributed by atoms with E-state index in [0.717, 1.165) is 0 Å². The minimum Gasteiger partial charge on any atom is -0.286 e. The smallest absolute Gasteiger partial charge is 0.286 e. The highest BCUT2D eigenvalue weighted by Crippen LogP contribution is 2.35. The number of benzene rings is 1. The first-order chi connectivity index (χ1) is 7.38. The van der Waals surface area contributed by atoms with Crippen LogP contribution in [-0.4, -0.2) is 16.8 Å². The van der Waals surface area contributed by atoms with Crippen molar-refractivity contribution in [3.8, 4) is 0 Å². The van der Waals surface area contributed by atoms with Crippen molar-refractivity contribution in [1.82, 2.24) is 0 Å². The molecule has 1 aromatic rings. The van der Waals surface area contributed by atoms with E-state index in [-0.39, 0.29) is 28.1 Å². The summed E-state index contributed by atoms with van der Waals surface area (Å²) in [6, 6.07) is 3.83. The van der Waals surface area contributed by atoms with Gasteiger partial charge in [-0.05, 0) is 24.0 Å². The number of hydrogen-bond acceptors (Lipinski definition) is 2. The molecule has 0 fully saturated rings. The minimum absolute atomic E-state index is 0.0612. The number of halogens is 4. The average Bonchev–Trinajstić information content (AvgIpc) is 2.16. The Bertz CT molecular complexity index is 410. The second-order valence-corrected chi connectivity index (χ2v) is 5.13. The zero-order valence-electron chi connectivity index (χ0n) is 8.27. The fourth-order valence-corrected chi connectivity index (χ4v) is 2.18. The Morgan fingerprint density at radius 1 is 1.44 bits per heavy atom. The molecule has 0 saturated carbocycles. The van der Waals surface area contributed by atoms with Crippen molar-refractivity contribution >= 4 is 40.7 Å². The van der Waals surface area contributed by atoms with Crippen LogP contribution in [0.2, 0.25) is 10.0 Å². The molecule has 0 spiro atoms. The summed E-state index contributed by atoms with van der Waals surface area (Å²) in [6.45, 7) is 1.55. The second-order valence-electron chi connectivity index (χ2n) is 2.90. The van der Waals surface area contributed by atoms with Gasteiger partial charge in [-0.3, -0.25) is 4.79 Å². The van der Waals surface area contributed by atoms with E-state index in [4.69, 9.17) is 23.2 Å². The van der Waals surface area contributed by atoms with E-state index in [9.17, 15) is 13.6 Å². The third-order valence-electron chi connectivity index (χ3n) is 1.77. The number of Topliss-reactive ketones (excluding diaryl/α,β-unsaturated/α-hetero) is 1. The highest BCUT2D eigenvalue weighted by molar-refractivity contribution is 8.01. The number of hydrogen-bond donors (Lipinski definition) is 0. The van der Waals surface area contributed by atoms with Crippen LogP contribution in [0, 0.1) is 0 Å². The quantitative estimate of drug-likeness (QED) is 0.756. The van der Waals surface area contributed by atoms with Crippen LogP contribution in [0.1, 0.15) is 17.3 Å². The summed E-state index contributed by atoms with van der Waals surface area (Å²) < 4.78 is 26.6. The summed E-state index contributed by atoms with van der Waals surface area (Å²) in [6.07, 6.45) is 0. The van der Waals surface area contributed by atoms with Crippen molar-refractivity contribution in [3.63, 3.8) is 0 Å². The summed E-state index contributed by atoms with van der Waals surface area (Å²) in [5.41, 5.74) is -0.211. The van der Waals surface area contributed by atoms with E-state index in [1.807, 2.05) is 0 Å². The zero-order chi connectivity index (χ0) is 12.3. The van der Waals surface area contributed by atoms with E-state index in [1.54, 1.807) is 6.92 Å². The number of alkyl halides is 2. The van der Waals surface area contributed by atoms with Crippen LogP contribution in [-0.2, 0) is 0 Å². The lowest BCUT2D eigenvalue weighted by atomic mass is 10.1. The molecule has 0 saturated heterocycles.